The molecule has 1 aliphatic rings. The minimum Gasteiger partial charge on any atom is -0.493 e. The number of benzene rings is 3. The highest BCUT2D eigenvalue weighted by atomic mass is 79.9. The summed E-state index contributed by atoms with van der Waals surface area (Å²) >= 11 is 3.75. The largest absolute Gasteiger partial charge is 0.493 e. The molecule has 0 spiro atoms. The topological polar surface area (TPSA) is 40.2 Å². The maximum atomic E-state index is 6.43. The molecule has 0 aromatic heterocycles. The molecule has 174 valence electrons. The van der Waals surface area contributed by atoms with E-state index >= 15 is 0 Å². The highest BCUT2D eigenvalue weighted by Gasteiger charge is 2.31. The van der Waals surface area contributed by atoms with Gasteiger partial charge in [-0.1, -0.05) is 42.5 Å². The molecular weight excluding hydrogens is 482 g/mol. The van der Waals surface area contributed by atoms with E-state index in [1.807, 2.05) is 30.3 Å². The summed E-state index contributed by atoms with van der Waals surface area (Å²) in [6, 6.07) is 18.6. The predicted octanol–water partition coefficient (Wildman–Crippen LogP) is 5.83. The van der Waals surface area contributed by atoms with Gasteiger partial charge in [-0.3, -0.25) is 4.90 Å². The molecule has 33 heavy (non-hydrogen) atoms. The lowest BCUT2D eigenvalue weighted by molar-refractivity contribution is 0.211. The minimum atomic E-state index is 0.129. The number of hydrogen-bond acceptors (Lipinski definition) is 5. The van der Waals surface area contributed by atoms with Gasteiger partial charge in [0, 0.05) is 18.2 Å². The van der Waals surface area contributed by atoms with Crippen molar-refractivity contribution in [3.63, 3.8) is 0 Å². The molecule has 0 amide bonds. The quantitative estimate of drug-likeness (QED) is 0.380. The molecule has 3 aromatic rings. The van der Waals surface area contributed by atoms with Crippen molar-refractivity contribution in [2.24, 2.45) is 0 Å². The van der Waals surface area contributed by atoms with Gasteiger partial charge in [0.15, 0.2) is 23.0 Å². The smallest absolute Gasteiger partial charge is 0.175 e. The highest BCUT2D eigenvalue weighted by molar-refractivity contribution is 9.10. The second-order valence-corrected chi connectivity index (χ2v) is 8.96. The van der Waals surface area contributed by atoms with Crippen molar-refractivity contribution in [2.45, 2.75) is 25.5 Å². The lowest BCUT2D eigenvalue weighted by Gasteiger charge is -2.36. The van der Waals surface area contributed by atoms with Crippen LogP contribution in [-0.2, 0) is 19.4 Å². The van der Waals surface area contributed by atoms with Crippen molar-refractivity contribution in [3.05, 3.63) is 81.3 Å². The average molecular weight is 512 g/mol. The zero-order chi connectivity index (χ0) is 23.4. The Labute approximate surface area is 204 Å². The molecule has 0 saturated heterocycles. The number of nitrogens with zero attached hydrogens (tertiary/aromatic N) is 1. The molecule has 1 heterocycles. The van der Waals surface area contributed by atoms with Crippen LogP contribution in [-0.4, -0.2) is 39.8 Å². The van der Waals surface area contributed by atoms with Crippen LogP contribution in [0.5, 0.6) is 23.0 Å². The van der Waals surface area contributed by atoms with Gasteiger partial charge < -0.3 is 18.9 Å². The number of likely N-dealkylation sites (N-methyl/N-ethyl adjacent to an activating group) is 1. The van der Waals surface area contributed by atoms with E-state index in [1.54, 1.807) is 21.3 Å². The van der Waals surface area contributed by atoms with Crippen molar-refractivity contribution in [1.82, 2.24) is 4.90 Å². The Morgan fingerprint density at radius 3 is 2.27 bits per heavy atom. The Morgan fingerprint density at radius 2 is 1.58 bits per heavy atom. The Balaban J connectivity index is 1.73. The van der Waals surface area contributed by atoms with Crippen molar-refractivity contribution in [1.29, 1.82) is 0 Å². The van der Waals surface area contributed by atoms with Gasteiger partial charge in [0.05, 0.1) is 25.8 Å². The van der Waals surface area contributed by atoms with Gasteiger partial charge >= 0.3 is 0 Å². The fourth-order valence-corrected chi connectivity index (χ4v) is 5.12. The normalized spacial score (nSPS) is 15.6. The molecule has 0 N–H and O–H groups in total. The second-order valence-electron chi connectivity index (χ2n) is 8.17. The third-order valence-corrected chi connectivity index (χ3v) is 7.14. The van der Waals surface area contributed by atoms with Crippen LogP contribution < -0.4 is 18.9 Å². The van der Waals surface area contributed by atoms with Gasteiger partial charge in [0.1, 0.15) is 6.61 Å². The molecule has 3 aromatic carbocycles. The molecule has 0 radical (unpaired) electrons. The van der Waals surface area contributed by atoms with E-state index in [0.29, 0.717) is 18.1 Å². The summed E-state index contributed by atoms with van der Waals surface area (Å²) in [5, 5.41) is 0. The molecule has 0 aliphatic carbocycles. The molecule has 0 bridgehead atoms. The van der Waals surface area contributed by atoms with Crippen LogP contribution in [0.4, 0.5) is 0 Å². The second kappa shape index (κ2) is 10.5. The summed E-state index contributed by atoms with van der Waals surface area (Å²) in [6.07, 6.45) is 1.76. The van der Waals surface area contributed by atoms with Crippen LogP contribution in [0.25, 0.3) is 0 Å². The monoisotopic (exact) mass is 511 g/mol. The van der Waals surface area contributed by atoms with Crippen molar-refractivity contribution in [2.75, 3.05) is 34.9 Å². The van der Waals surface area contributed by atoms with Crippen LogP contribution in [0, 0.1) is 0 Å². The first-order valence-corrected chi connectivity index (χ1v) is 11.8. The maximum Gasteiger partial charge on any atom is 0.175 e. The van der Waals surface area contributed by atoms with E-state index < -0.39 is 0 Å². The number of fused-ring (bicyclic) bond motifs is 1. The zero-order valence-corrected chi connectivity index (χ0v) is 21.1. The van der Waals surface area contributed by atoms with Gasteiger partial charge in [-0.15, -0.1) is 0 Å². The molecule has 0 fully saturated rings. The number of hydrogen-bond donors (Lipinski definition) is 0. The summed E-state index contributed by atoms with van der Waals surface area (Å²) in [5.41, 5.74) is 4.77. The Hall–Kier alpha value is -2.70. The number of methoxy groups -OCH3 is 3. The first kappa shape index (κ1) is 23.5. The molecular formula is C27H30BrNO4. The predicted molar refractivity (Wildman–Crippen MR) is 134 cm³/mol. The minimum absolute atomic E-state index is 0.129. The molecule has 6 heteroatoms. The SMILES string of the molecule is COc1ccc(CC2c3c(ccc(OC)c3OCc3ccccc3)CCN2C)c(Br)c1OC. The van der Waals surface area contributed by atoms with Gasteiger partial charge in [-0.25, -0.2) is 0 Å². The van der Waals surface area contributed by atoms with E-state index in [4.69, 9.17) is 18.9 Å². The molecule has 1 atom stereocenters. The molecule has 5 nitrogen and oxygen atoms in total. The summed E-state index contributed by atoms with van der Waals surface area (Å²) in [5.74, 6) is 3.00. The highest BCUT2D eigenvalue weighted by Crippen LogP contribution is 2.45. The molecule has 1 unspecified atom stereocenters. The standard InChI is InChI=1S/C27H30BrNO4/c1-29-15-14-19-10-12-22(30-2)26(33-17-18-8-6-5-7-9-18)24(19)21(29)16-20-11-13-23(31-3)27(32-4)25(20)28/h5-13,21H,14-17H2,1-4H3. The Morgan fingerprint density at radius 1 is 0.879 bits per heavy atom. The van der Waals surface area contributed by atoms with Crippen molar-refractivity contribution < 1.29 is 18.9 Å². The molecule has 4 rings (SSSR count). The number of rotatable bonds is 8. The summed E-state index contributed by atoms with van der Waals surface area (Å²) < 4.78 is 24.2. The van der Waals surface area contributed by atoms with Crippen LogP contribution in [0.1, 0.15) is 28.3 Å². The Kier molecular flexibility index (Phi) is 7.46. The van der Waals surface area contributed by atoms with Crippen LogP contribution in [0.15, 0.2) is 59.1 Å². The molecule has 0 saturated carbocycles. The van der Waals surface area contributed by atoms with E-state index in [0.717, 1.165) is 46.5 Å². The number of ether oxygens (including phenoxy) is 4. The van der Waals surface area contributed by atoms with Crippen LogP contribution in [0.3, 0.4) is 0 Å². The summed E-state index contributed by atoms with van der Waals surface area (Å²) in [7, 11) is 7.18. The van der Waals surface area contributed by atoms with E-state index in [2.05, 4.69) is 52.1 Å². The third-order valence-electron chi connectivity index (χ3n) is 6.27. The van der Waals surface area contributed by atoms with E-state index in [9.17, 15) is 0 Å². The van der Waals surface area contributed by atoms with Gasteiger partial charge in [0.2, 0.25) is 0 Å². The van der Waals surface area contributed by atoms with Crippen molar-refractivity contribution in [3.8, 4) is 23.0 Å². The van der Waals surface area contributed by atoms with E-state index in [-0.39, 0.29) is 6.04 Å². The summed E-state index contributed by atoms with van der Waals surface area (Å²) in [6.45, 7) is 1.47. The third kappa shape index (κ3) is 4.82. The van der Waals surface area contributed by atoms with E-state index in [1.165, 1.54) is 11.1 Å². The van der Waals surface area contributed by atoms with Gasteiger partial charge in [0.25, 0.3) is 0 Å². The lowest BCUT2D eigenvalue weighted by Crippen LogP contribution is -2.34. The fraction of sp³-hybridized carbons (Fsp3) is 0.333. The molecule has 1 aliphatic heterocycles. The zero-order valence-electron chi connectivity index (χ0n) is 19.6. The fourth-order valence-electron chi connectivity index (χ4n) is 4.47. The van der Waals surface area contributed by atoms with Crippen molar-refractivity contribution >= 4 is 15.9 Å². The Bertz CT molecular complexity index is 1100. The average Bonchev–Trinajstić information content (AvgIpc) is 2.85. The summed E-state index contributed by atoms with van der Waals surface area (Å²) in [4.78, 5) is 2.39. The number of halogens is 1. The van der Waals surface area contributed by atoms with Crippen LogP contribution in [0.2, 0.25) is 0 Å². The maximum absolute atomic E-state index is 6.43. The lowest BCUT2D eigenvalue weighted by atomic mass is 9.88. The van der Waals surface area contributed by atoms with Gasteiger partial charge in [-0.05, 0) is 64.6 Å². The van der Waals surface area contributed by atoms with Crippen LogP contribution >= 0.6 is 15.9 Å². The first-order valence-electron chi connectivity index (χ1n) is 11.0. The first-order chi connectivity index (χ1) is 16.1. The van der Waals surface area contributed by atoms with Gasteiger partial charge in [-0.2, -0.15) is 0 Å².